The van der Waals surface area contributed by atoms with Gasteiger partial charge in [0.05, 0.1) is 35.8 Å². The summed E-state index contributed by atoms with van der Waals surface area (Å²) >= 11 is 0. The molecule has 3 aromatic carbocycles. The molecule has 4 aromatic rings. The van der Waals surface area contributed by atoms with E-state index < -0.39 is 11.6 Å². The molecule has 0 bridgehead atoms. The number of carboxylic acids is 1. The van der Waals surface area contributed by atoms with E-state index in [0.717, 1.165) is 66.9 Å². The van der Waals surface area contributed by atoms with Crippen molar-refractivity contribution >= 4 is 17.0 Å². The number of para-hydroxylation sites is 1. The first-order chi connectivity index (χ1) is 20.8. The summed E-state index contributed by atoms with van der Waals surface area (Å²) in [6, 6.07) is 16.4. The highest BCUT2D eigenvalue weighted by Crippen LogP contribution is 2.46. The molecule has 2 unspecified atom stereocenters. The summed E-state index contributed by atoms with van der Waals surface area (Å²) < 4.78 is 35.6. The van der Waals surface area contributed by atoms with Gasteiger partial charge in [-0.15, -0.1) is 0 Å². The molecule has 0 radical (unpaired) electrons. The monoisotopic (exact) mass is 585 g/mol. The fourth-order valence-electron chi connectivity index (χ4n) is 6.59. The molecule has 1 aromatic heterocycles. The fraction of sp³-hybridized carbons (Fsp3) is 0.412. The van der Waals surface area contributed by atoms with Gasteiger partial charge in [-0.3, -0.25) is 4.90 Å². The standard InChI is InChI=1S/C34H36FN3O5/c1-21-6-8-26(27(35)16-21)34(2)20-42-30-5-3-4-25(32(30)43-34)22-10-13-37(14-11-22)19-31-36-28-9-7-23(33(39)40)17-29(28)38(31)18-24-12-15-41-24/h3-9,16-17,22,24H,10-15,18-20H2,1-2H3,(H,39,40). The first-order valence-electron chi connectivity index (χ1n) is 15.1. The molecular weight excluding hydrogens is 549 g/mol. The number of imidazole rings is 1. The average Bonchev–Trinajstić information content (AvgIpc) is 3.30. The van der Waals surface area contributed by atoms with E-state index in [1.807, 2.05) is 32.0 Å². The Hall–Kier alpha value is -3.95. The van der Waals surface area contributed by atoms with Crippen LogP contribution in [-0.2, 0) is 23.4 Å². The van der Waals surface area contributed by atoms with Crippen LogP contribution in [0.25, 0.3) is 11.0 Å². The van der Waals surface area contributed by atoms with Crippen LogP contribution < -0.4 is 9.47 Å². The molecular formula is C34H36FN3O5. The second kappa shape index (κ2) is 11.0. The molecule has 4 heterocycles. The van der Waals surface area contributed by atoms with Crippen molar-refractivity contribution in [2.45, 2.75) is 63.8 Å². The number of ether oxygens (including phenoxy) is 3. The number of hydrogen-bond acceptors (Lipinski definition) is 6. The number of aromatic carboxylic acids is 1. The summed E-state index contributed by atoms with van der Waals surface area (Å²) in [6.45, 7) is 7.86. The van der Waals surface area contributed by atoms with E-state index in [2.05, 4.69) is 15.5 Å². The lowest BCUT2D eigenvalue weighted by Crippen LogP contribution is -2.41. The van der Waals surface area contributed by atoms with Gasteiger partial charge in [0.25, 0.3) is 0 Å². The van der Waals surface area contributed by atoms with Crippen LogP contribution in [0.4, 0.5) is 4.39 Å². The molecule has 9 heteroatoms. The lowest BCUT2D eigenvalue weighted by molar-refractivity contribution is -0.0592. The molecule has 224 valence electrons. The van der Waals surface area contributed by atoms with E-state index in [0.29, 0.717) is 30.2 Å². The highest BCUT2D eigenvalue weighted by Gasteiger charge is 2.39. The number of aryl methyl sites for hydroxylation is 1. The zero-order chi connectivity index (χ0) is 29.7. The van der Waals surface area contributed by atoms with E-state index in [9.17, 15) is 14.3 Å². The van der Waals surface area contributed by atoms with Crippen LogP contribution in [0.15, 0.2) is 54.6 Å². The lowest BCUT2D eigenvalue weighted by Gasteiger charge is -2.39. The van der Waals surface area contributed by atoms with Crippen molar-refractivity contribution in [1.82, 2.24) is 14.5 Å². The summed E-state index contributed by atoms with van der Waals surface area (Å²) in [4.78, 5) is 19.0. The van der Waals surface area contributed by atoms with Crippen LogP contribution in [0.2, 0.25) is 0 Å². The molecule has 2 fully saturated rings. The minimum Gasteiger partial charge on any atom is -0.485 e. The second-order valence-corrected chi connectivity index (χ2v) is 12.3. The SMILES string of the molecule is Cc1ccc(C2(C)COc3cccc(C4CCN(Cc5nc6ccc(C(=O)O)cc6n5CC5CCO5)CC4)c3O2)c(F)c1. The van der Waals surface area contributed by atoms with Crippen molar-refractivity contribution in [2.75, 3.05) is 26.3 Å². The Kier molecular flexibility index (Phi) is 7.10. The first kappa shape index (κ1) is 27.9. The van der Waals surface area contributed by atoms with Gasteiger partial charge in [0.2, 0.25) is 0 Å². The van der Waals surface area contributed by atoms with Gasteiger partial charge in [-0.05, 0) is 88.0 Å². The van der Waals surface area contributed by atoms with Gasteiger partial charge in [0.15, 0.2) is 17.1 Å². The molecule has 1 N–H and O–H groups in total. The molecule has 2 saturated heterocycles. The molecule has 43 heavy (non-hydrogen) atoms. The molecule has 0 amide bonds. The summed E-state index contributed by atoms with van der Waals surface area (Å²) in [7, 11) is 0. The van der Waals surface area contributed by atoms with E-state index in [-0.39, 0.29) is 30.0 Å². The quantitative estimate of drug-likeness (QED) is 0.283. The van der Waals surface area contributed by atoms with Crippen LogP contribution in [0.3, 0.4) is 0 Å². The van der Waals surface area contributed by atoms with Crippen molar-refractivity contribution in [3.05, 3.63) is 88.5 Å². The van der Waals surface area contributed by atoms with Crippen molar-refractivity contribution in [1.29, 1.82) is 0 Å². The number of nitrogens with zero attached hydrogens (tertiary/aromatic N) is 3. The largest absolute Gasteiger partial charge is 0.485 e. The van der Waals surface area contributed by atoms with E-state index in [1.165, 1.54) is 0 Å². The van der Waals surface area contributed by atoms with Gasteiger partial charge in [-0.1, -0.05) is 24.3 Å². The number of aromatic nitrogens is 2. The van der Waals surface area contributed by atoms with Crippen LogP contribution in [0.5, 0.6) is 11.5 Å². The number of benzene rings is 3. The summed E-state index contributed by atoms with van der Waals surface area (Å²) in [5.74, 6) is 1.40. The zero-order valence-electron chi connectivity index (χ0n) is 24.5. The molecule has 3 aliphatic rings. The Balaban J connectivity index is 1.09. The number of rotatable bonds is 7. The van der Waals surface area contributed by atoms with Crippen LogP contribution in [-0.4, -0.2) is 57.9 Å². The Morgan fingerprint density at radius 1 is 1.12 bits per heavy atom. The molecule has 7 rings (SSSR count). The number of halogens is 1. The number of likely N-dealkylation sites (tertiary alicyclic amines) is 1. The van der Waals surface area contributed by atoms with Gasteiger partial charge >= 0.3 is 5.97 Å². The minimum atomic E-state index is -0.944. The van der Waals surface area contributed by atoms with E-state index >= 15 is 0 Å². The zero-order valence-corrected chi connectivity index (χ0v) is 24.5. The summed E-state index contributed by atoms with van der Waals surface area (Å²) in [5, 5.41) is 9.55. The van der Waals surface area contributed by atoms with Gasteiger partial charge in [0, 0.05) is 17.7 Å². The Labute approximate surface area is 250 Å². The molecule has 3 aliphatic heterocycles. The van der Waals surface area contributed by atoms with E-state index in [4.69, 9.17) is 19.2 Å². The highest BCUT2D eigenvalue weighted by atomic mass is 19.1. The molecule has 2 atom stereocenters. The summed E-state index contributed by atoms with van der Waals surface area (Å²) in [6.07, 6.45) is 2.99. The average molecular weight is 586 g/mol. The minimum absolute atomic E-state index is 0.126. The Morgan fingerprint density at radius 3 is 2.65 bits per heavy atom. The summed E-state index contributed by atoms with van der Waals surface area (Å²) in [5.41, 5.74) is 3.44. The number of carbonyl (C=O) groups is 1. The number of fused-ring (bicyclic) bond motifs is 2. The molecule has 8 nitrogen and oxygen atoms in total. The van der Waals surface area contributed by atoms with Crippen molar-refractivity contribution < 1.29 is 28.5 Å². The maximum atomic E-state index is 15.0. The number of piperidine rings is 1. The normalized spacial score (nSPS) is 22.4. The van der Waals surface area contributed by atoms with Crippen molar-refractivity contribution in [2.24, 2.45) is 0 Å². The first-order valence-corrected chi connectivity index (χ1v) is 15.1. The van der Waals surface area contributed by atoms with Gasteiger partial charge in [-0.25, -0.2) is 14.2 Å². The predicted molar refractivity (Wildman–Crippen MR) is 159 cm³/mol. The maximum absolute atomic E-state index is 15.0. The number of hydrogen-bond donors (Lipinski definition) is 1. The molecule has 0 saturated carbocycles. The topological polar surface area (TPSA) is 86.1 Å². The lowest BCUT2D eigenvalue weighted by atomic mass is 9.87. The molecule has 0 spiro atoms. The molecule has 0 aliphatic carbocycles. The fourth-order valence-corrected chi connectivity index (χ4v) is 6.59. The van der Waals surface area contributed by atoms with Gasteiger partial charge < -0.3 is 23.9 Å². The van der Waals surface area contributed by atoms with Crippen LogP contribution in [0.1, 0.15) is 65.0 Å². The third-order valence-electron chi connectivity index (χ3n) is 9.18. The predicted octanol–water partition coefficient (Wildman–Crippen LogP) is 6.04. The Morgan fingerprint density at radius 2 is 1.93 bits per heavy atom. The van der Waals surface area contributed by atoms with Gasteiger partial charge in [-0.2, -0.15) is 0 Å². The van der Waals surface area contributed by atoms with E-state index in [1.54, 1.807) is 30.3 Å². The second-order valence-electron chi connectivity index (χ2n) is 12.3. The van der Waals surface area contributed by atoms with Crippen LogP contribution >= 0.6 is 0 Å². The number of carboxylic acid groups (broad SMARTS) is 1. The third kappa shape index (κ3) is 5.25. The smallest absolute Gasteiger partial charge is 0.335 e. The highest BCUT2D eigenvalue weighted by molar-refractivity contribution is 5.92. The van der Waals surface area contributed by atoms with Crippen LogP contribution in [0, 0.1) is 12.7 Å². The third-order valence-corrected chi connectivity index (χ3v) is 9.18. The van der Waals surface area contributed by atoms with Gasteiger partial charge in [0.1, 0.15) is 18.2 Å². The maximum Gasteiger partial charge on any atom is 0.335 e. The Bertz CT molecular complexity index is 1690. The van der Waals surface area contributed by atoms with Crippen molar-refractivity contribution in [3.63, 3.8) is 0 Å². The van der Waals surface area contributed by atoms with Crippen molar-refractivity contribution in [3.8, 4) is 11.5 Å².